The van der Waals surface area contributed by atoms with Crippen LogP contribution in [0.4, 0.5) is 5.69 Å². The van der Waals surface area contributed by atoms with Gasteiger partial charge < -0.3 is 10.1 Å². The topological polar surface area (TPSA) is 101 Å². The number of hydrogen-bond acceptors (Lipinski definition) is 6. The smallest absolute Gasteiger partial charge is 0.336 e. The third-order valence-corrected chi connectivity index (χ3v) is 5.24. The van der Waals surface area contributed by atoms with Gasteiger partial charge in [0.05, 0.1) is 0 Å². The minimum Gasteiger partial charge on any atom is -0.452 e. The van der Waals surface area contributed by atoms with Gasteiger partial charge in [0.25, 0.3) is 5.91 Å². The molecular formula is C24H19BrN6O2S. The largest absolute Gasteiger partial charge is 0.452 e. The van der Waals surface area contributed by atoms with Crippen molar-refractivity contribution in [3.63, 3.8) is 0 Å². The Morgan fingerprint density at radius 3 is 2.09 bits per heavy atom. The van der Waals surface area contributed by atoms with Crippen molar-refractivity contribution in [2.75, 3.05) is 11.9 Å². The molecule has 0 spiro atoms. The highest BCUT2D eigenvalue weighted by Gasteiger charge is 2.15. The lowest BCUT2D eigenvalue weighted by atomic mass is 10.0. The van der Waals surface area contributed by atoms with Crippen molar-refractivity contribution in [3.8, 4) is 28.5 Å². The first kappa shape index (κ1) is 23.3. The predicted molar refractivity (Wildman–Crippen MR) is 138 cm³/mol. The van der Waals surface area contributed by atoms with E-state index >= 15 is 0 Å². The highest BCUT2D eigenvalue weighted by molar-refractivity contribution is 9.10. The third-order valence-electron chi connectivity index (χ3n) is 4.51. The maximum absolute atomic E-state index is 12.2. The lowest BCUT2D eigenvalue weighted by molar-refractivity contribution is -0.123. The normalized spacial score (nSPS) is 10.3. The standard InChI is InChI=1S/C24H19BrN6O2S/c25-18-11-13-19(14-12-18)26-24(34)31-28-20(32)15-33-23-27-21(16-7-3-1-4-8-16)22(29-30-23)17-9-5-2-6-10-17/h1-14H,15H2,(H,28,32)(H2,26,31,34). The molecule has 0 radical (unpaired) electrons. The molecule has 0 aliphatic heterocycles. The number of nitrogens with zero attached hydrogens (tertiary/aromatic N) is 3. The summed E-state index contributed by atoms with van der Waals surface area (Å²) >= 11 is 8.54. The molecule has 0 aliphatic carbocycles. The van der Waals surface area contributed by atoms with Crippen molar-refractivity contribution in [2.24, 2.45) is 0 Å². The van der Waals surface area contributed by atoms with Crippen LogP contribution in [0.2, 0.25) is 0 Å². The Bertz CT molecular complexity index is 1270. The number of nitrogens with one attached hydrogen (secondary N) is 3. The van der Waals surface area contributed by atoms with Gasteiger partial charge >= 0.3 is 6.01 Å². The van der Waals surface area contributed by atoms with Crippen LogP contribution in [0.25, 0.3) is 22.5 Å². The lowest BCUT2D eigenvalue weighted by Gasteiger charge is -2.12. The van der Waals surface area contributed by atoms with Gasteiger partial charge in [-0.25, -0.2) is 0 Å². The number of rotatable bonds is 6. The first-order valence-corrected chi connectivity index (χ1v) is 11.4. The Morgan fingerprint density at radius 1 is 0.824 bits per heavy atom. The molecule has 1 aromatic heterocycles. The van der Waals surface area contributed by atoms with Crippen molar-refractivity contribution in [3.05, 3.63) is 89.4 Å². The molecular weight excluding hydrogens is 516 g/mol. The van der Waals surface area contributed by atoms with Gasteiger partial charge in [-0.3, -0.25) is 15.6 Å². The fourth-order valence-corrected chi connectivity index (χ4v) is 3.38. The van der Waals surface area contributed by atoms with Gasteiger partial charge in [-0.1, -0.05) is 81.7 Å². The molecule has 0 aliphatic rings. The van der Waals surface area contributed by atoms with E-state index in [2.05, 4.69) is 47.3 Å². The number of hydrogen-bond donors (Lipinski definition) is 3. The Kier molecular flexibility index (Phi) is 7.74. The Labute approximate surface area is 209 Å². The van der Waals surface area contributed by atoms with E-state index < -0.39 is 5.91 Å². The Hall–Kier alpha value is -3.89. The average Bonchev–Trinajstić information content (AvgIpc) is 2.88. The average molecular weight is 535 g/mol. The van der Waals surface area contributed by atoms with Gasteiger partial charge in [-0.05, 0) is 36.5 Å². The van der Waals surface area contributed by atoms with E-state index in [-0.39, 0.29) is 17.7 Å². The molecule has 3 N–H and O–H groups in total. The number of ether oxygens (including phenoxy) is 1. The fourth-order valence-electron chi connectivity index (χ4n) is 2.95. The van der Waals surface area contributed by atoms with Crippen molar-refractivity contribution < 1.29 is 9.53 Å². The molecule has 34 heavy (non-hydrogen) atoms. The summed E-state index contributed by atoms with van der Waals surface area (Å²) < 4.78 is 6.43. The zero-order chi connectivity index (χ0) is 23.8. The van der Waals surface area contributed by atoms with E-state index in [9.17, 15) is 4.79 Å². The van der Waals surface area contributed by atoms with Crippen molar-refractivity contribution >= 4 is 44.9 Å². The summed E-state index contributed by atoms with van der Waals surface area (Å²) in [6, 6.07) is 26.7. The molecule has 0 saturated carbocycles. The first-order valence-electron chi connectivity index (χ1n) is 10.2. The van der Waals surface area contributed by atoms with Gasteiger partial charge in [-0.15, -0.1) is 5.10 Å². The molecule has 0 bridgehead atoms. The second-order valence-electron chi connectivity index (χ2n) is 6.95. The molecule has 0 saturated heterocycles. The van der Waals surface area contributed by atoms with Crippen LogP contribution in [-0.2, 0) is 4.79 Å². The number of amides is 1. The summed E-state index contributed by atoms with van der Waals surface area (Å²) in [4.78, 5) is 16.7. The second-order valence-corrected chi connectivity index (χ2v) is 8.27. The summed E-state index contributed by atoms with van der Waals surface area (Å²) in [5.74, 6) is -0.461. The lowest BCUT2D eigenvalue weighted by Crippen LogP contribution is -2.45. The highest BCUT2D eigenvalue weighted by atomic mass is 79.9. The molecule has 3 aromatic carbocycles. The van der Waals surface area contributed by atoms with Gasteiger partial charge in [0.2, 0.25) is 0 Å². The van der Waals surface area contributed by atoms with Crippen molar-refractivity contribution in [2.45, 2.75) is 0 Å². The summed E-state index contributed by atoms with van der Waals surface area (Å²) in [6.45, 7) is -0.325. The maximum atomic E-state index is 12.2. The van der Waals surface area contributed by atoms with Crippen molar-refractivity contribution in [1.29, 1.82) is 0 Å². The van der Waals surface area contributed by atoms with Crippen LogP contribution < -0.4 is 20.9 Å². The fraction of sp³-hybridized carbons (Fsp3) is 0.0417. The predicted octanol–water partition coefficient (Wildman–Crippen LogP) is 4.36. The van der Waals surface area contributed by atoms with E-state index in [4.69, 9.17) is 17.0 Å². The van der Waals surface area contributed by atoms with E-state index in [1.807, 2.05) is 84.9 Å². The molecule has 10 heteroatoms. The molecule has 0 unspecified atom stereocenters. The molecule has 4 aromatic rings. The van der Waals surface area contributed by atoms with E-state index in [1.165, 1.54) is 0 Å². The second kappa shape index (κ2) is 11.3. The van der Waals surface area contributed by atoms with Crippen LogP contribution in [0.5, 0.6) is 6.01 Å². The maximum Gasteiger partial charge on any atom is 0.336 e. The van der Waals surface area contributed by atoms with E-state index in [0.717, 1.165) is 21.3 Å². The Morgan fingerprint density at radius 2 is 1.44 bits per heavy atom. The molecule has 1 amide bonds. The molecule has 8 nitrogen and oxygen atoms in total. The summed E-state index contributed by atoms with van der Waals surface area (Å²) in [5.41, 5.74) is 8.82. The third kappa shape index (κ3) is 6.33. The number of aromatic nitrogens is 3. The number of halogens is 1. The quantitative estimate of drug-likeness (QED) is 0.247. The number of anilines is 1. The summed E-state index contributed by atoms with van der Waals surface area (Å²) in [6.07, 6.45) is 0. The van der Waals surface area contributed by atoms with Gasteiger partial charge in [0, 0.05) is 21.3 Å². The minimum atomic E-state index is -0.461. The zero-order valence-electron chi connectivity index (χ0n) is 17.7. The number of benzene rings is 3. The van der Waals surface area contributed by atoms with Gasteiger partial charge in [0.15, 0.2) is 11.7 Å². The summed E-state index contributed by atoms with van der Waals surface area (Å²) in [7, 11) is 0. The molecule has 4 rings (SSSR count). The molecule has 1 heterocycles. The van der Waals surface area contributed by atoms with Crippen LogP contribution in [-0.4, -0.2) is 32.8 Å². The molecule has 0 fully saturated rings. The first-order chi connectivity index (χ1) is 16.6. The van der Waals surface area contributed by atoms with E-state index in [1.54, 1.807) is 0 Å². The van der Waals surface area contributed by atoms with Crippen LogP contribution >= 0.6 is 28.1 Å². The Balaban J connectivity index is 1.38. The molecule has 0 atom stereocenters. The zero-order valence-corrected chi connectivity index (χ0v) is 20.1. The monoisotopic (exact) mass is 534 g/mol. The van der Waals surface area contributed by atoms with Crippen LogP contribution in [0, 0.1) is 0 Å². The SMILES string of the molecule is O=C(COc1nnc(-c2ccccc2)c(-c2ccccc2)n1)NNC(=S)Nc1ccc(Br)cc1. The highest BCUT2D eigenvalue weighted by Crippen LogP contribution is 2.29. The number of carbonyl (C=O) groups is 1. The van der Waals surface area contributed by atoms with Crippen LogP contribution in [0.1, 0.15) is 0 Å². The number of hydrazine groups is 1. The number of thiocarbonyl (C=S) groups is 1. The van der Waals surface area contributed by atoms with Gasteiger partial charge in [0.1, 0.15) is 11.4 Å². The van der Waals surface area contributed by atoms with Crippen LogP contribution in [0.3, 0.4) is 0 Å². The van der Waals surface area contributed by atoms with Crippen LogP contribution in [0.15, 0.2) is 89.4 Å². The van der Waals surface area contributed by atoms with Gasteiger partial charge in [-0.2, -0.15) is 4.98 Å². The number of carbonyl (C=O) groups excluding carboxylic acids is 1. The minimum absolute atomic E-state index is 0.00996. The van der Waals surface area contributed by atoms with Crippen molar-refractivity contribution in [1.82, 2.24) is 26.0 Å². The summed E-state index contributed by atoms with van der Waals surface area (Å²) in [5, 5.41) is 11.5. The molecule has 170 valence electrons. The van der Waals surface area contributed by atoms with E-state index in [0.29, 0.717) is 11.4 Å².